The summed E-state index contributed by atoms with van der Waals surface area (Å²) in [6.07, 6.45) is 5.45. The van der Waals surface area contributed by atoms with E-state index in [1.807, 2.05) is 38.1 Å². The third-order valence-corrected chi connectivity index (χ3v) is 5.91. The highest BCUT2D eigenvalue weighted by Gasteiger charge is 2.32. The Bertz CT molecular complexity index is 940. The van der Waals surface area contributed by atoms with Crippen molar-refractivity contribution >= 4 is 22.8 Å². The zero-order valence-electron chi connectivity index (χ0n) is 17.7. The molecule has 0 spiro atoms. The molecule has 158 valence electrons. The van der Waals surface area contributed by atoms with Crippen molar-refractivity contribution in [3.63, 3.8) is 0 Å². The van der Waals surface area contributed by atoms with Crippen molar-refractivity contribution in [3.05, 3.63) is 30.0 Å². The molecule has 4 rings (SSSR count). The maximum absolute atomic E-state index is 13.1. The Morgan fingerprint density at radius 2 is 1.77 bits per heavy atom. The van der Waals surface area contributed by atoms with Crippen molar-refractivity contribution in [3.8, 4) is 6.07 Å². The first kappa shape index (κ1) is 20.5. The number of amides is 1. The highest BCUT2D eigenvalue weighted by atomic mass is 16.5. The summed E-state index contributed by atoms with van der Waals surface area (Å²) >= 11 is 0. The minimum atomic E-state index is -0.993. The van der Waals surface area contributed by atoms with E-state index in [1.54, 1.807) is 0 Å². The summed E-state index contributed by atoms with van der Waals surface area (Å²) in [6.45, 7) is 5.34. The lowest BCUT2D eigenvalue weighted by molar-refractivity contribution is -0.122. The predicted molar refractivity (Wildman–Crippen MR) is 115 cm³/mol. The van der Waals surface area contributed by atoms with Crippen LogP contribution in [0.5, 0.6) is 0 Å². The zero-order chi connectivity index (χ0) is 21.1. The number of rotatable bonds is 4. The van der Waals surface area contributed by atoms with Crippen molar-refractivity contribution in [2.75, 3.05) is 18.0 Å². The van der Waals surface area contributed by atoms with Crippen LogP contribution in [-0.2, 0) is 9.53 Å². The van der Waals surface area contributed by atoms with Gasteiger partial charge in [-0.3, -0.25) is 4.79 Å². The maximum Gasteiger partial charge on any atom is 0.243 e. The number of benzene rings is 1. The van der Waals surface area contributed by atoms with Gasteiger partial charge in [0.05, 0.1) is 29.3 Å². The molecule has 1 saturated heterocycles. The van der Waals surface area contributed by atoms with E-state index in [0.29, 0.717) is 30.1 Å². The Labute approximate surface area is 177 Å². The number of para-hydroxylation sites is 2. The Kier molecular flexibility index (Phi) is 6.14. The Morgan fingerprint density at radius 1 is 1.13 bits per heavy atom. The maximum atomic E-state index is 13.1. The van der Waals surface area contributed by atoms with Crippen LogP contribution in [0.2, 0.25) is 0 Å². The van der Waals surface area contributed by atoms with Crippen molar-refractivity contribution < 1.29 is 9.53 Å². The third-order valence-electron chi connectivity index (χ3n) is 5.91. The molecular formula is C23H29N5O2. The highest BCUT2D eigenvalue weighted by Crippen LogP contribution is 2.30. The molecule has 30 heavy (non-hydrogen) atoms. The van der Waals surface area contributed by atoms with E-state index in [0.717, 1.165) is 31.2 Å². The van der Waals surface area contributed by atoms with Gasteiger partial charge in [-0.05, 0) is 38.8 Å². The molecule has 7 heteroatoms. The molecule has 1 N–H and O–H groups in total. The fourth-order valence-corrected chi connectivity index (χ4v) is 4.56. The van der Waals surface area contributed by atoms with Crippen LogP contribution in [0.1, 0.15) is 57.6 Å². The standard InChI is InChI=1S/C23H29N5O2/c1-15-13-28(14-16(2)30-15)22-21(26-19-10-6-7-11-20(19)27-22)18(12-24)23(29)25-17-8-4-3-5-9-17/h6-7,10-11,15-18H,3-5,8-9,13-14H2,1-2H3,(H,25,29)/t15-,16-,18-/m1/s1. The van der Waals surface area contributed by atoms with Gasteiger partial charge in [-0.1, -0.05) is 31.4 Å². The number of carbonyl (C=O) groups is 1. The van der Waals surface area contributed by atoms with E-state index in [4.69, 9.17) is 14.7 Å². The Hall–Kier alpha value is -2.72. The van der Waals surface area contributed by atoms with Crippen molar-refractivity contribution in [1.29, 1.82) is 5.26 Å². The first-order valence-electron chi connectivity index (χ1n) is 10.9. The summed E-state index contributed by atoms with van der Waals surface area (Å²) in [6, 6.07) is 9.93. The lowest BCUT2D eigenvalue weighted by Gasteiger charge is -2.37. The van der Waals surface area contributed by atoms with Crippen molar-refractivity contribution in [2.24, 2.45) is 0 Å². The van der Waals surface area contributed by atoms with E-state index in [-0.39, 0.29) is 24.2 Å². The Morgan fingerprint density at radius 3 is 2.40 bits per heavy atom. The number of morpholine rings is 1. The summed E-state index contributed by atoms with van der Waals surface area (Å²) in [7, 11) is 0. The monoisotopic (exact) mass is 407 g/mol. The number of aromatic nitrogens is 2. The molecule has 2 aliphatic rings. The first-order chi connectivity index (χ1) is 14.5. The lowest BCUT2D eigenvalue weighted by Crippen LogP contribution is -2.47. The van der Waals surface area contributed by atoms with Crippen LogP contribution in [0, 0.1) is 11.3 Å². The second-order valence-electron chi connectivity index (χ2n) is 8.49. The normalized spacial score (nSPS) is 23.7. The second kappa shape index (κ2) is 8.97. The zero-order valence-corrected chi connectivity index (χ0v) is 17.7. The molecule has 7 nitrogen and oxygen atoms in total. The number of nitriles is 1. The van der Waals surface area contributed by atoms with Gasteiger partial charge in [0.15, 0.2) is 11.7 Å². The summed E-state index contributed by atoms with van der Waals surface area (Å²) < 4.78 is 5.87. The average molecular weight is 408 g/mol. The van der Waals surface area contributed by atoms with Gasteiger partial charge >= 0.3 is 0 Å². The van der Waals surface area contributed by atoms with Gasteiger partial charge in [-0.15, -0.1) is 0 Å². The molecule has 1 saturated carbocycles. The molecule has 1 aromatic carbocycles. The smallest absolute Gasteiger partial charge is 0.243 e. The molecule has 1 amide bonds. The van der Waals surface area contributed by atoms with E-state index in [2.05, 4.69) is 16.3 Å². The summed E-state index contributed by atoms with van der Waals surface area (Å²) in [5.74, 6) is -0.655. The summed E-state index contributed by atoms with van der Waals surface area (Å²) in [4.78, 5) is 24.8. The molecule has 2 aromatic rings. The third kappa shape index (κ3) is 4.39. The topological polar surface area (TPSA) is 91.1 Å². The van der Waals surface area contributed by atoms with Crippen molar-refractivity contribution in [2.45, 2.75) is 70.1 Å². The van der Waals surface area contributed by atoms with Crippen LogP contribution in [-0.4, -0.2) is 47.2 Å². The minimum Gasteiger partial charge on any atom is -0.372 e. The second-order valence-corrected chi connectivity index (χ2v) is 8.49. The molecule has 3 atom stereocenters. The number of hydrogen-bond donors (Lipinski definition) is 1. The fourth-order valence-electron chi connectivity index (χ4n) is 4.56. The molecule has 0 unspecified atom stereocenters. The molecule has 1 aromatic heterocycles. The van der Waals surface area contributed by atoms with Gasteiger partial charge in [0.25, 0.3) is 0 Å². The molecule has 2 heterocycles. The quantitative estimate of drug-likeness (QED) is 0.836. The van der Waals surface area contributed by atoms with Crippen LogP contribution in [0.15, 0.2) is 24.3 Å². The van der Waals surface area contributed by atoms with Gasteiger partial charge in [-0.25, -0.2) is 9.97 Å². The van der Waals surface area contributed by atoms with Gasteiger partial charge in [0.2, 0.25) is 5.91 Å². The number of hydrogen-bond acceptors (Lipinski definition) is 6. The van der Waals surface area contributed by atoms with Crippen LogP contribution in [0.25, 0.3) is 11.0 Å². The fraction of sp³-hybridized carbons (Fsp3) is 0.565. The van der Waals surface area contributed by atoms with Crippen LogP contribution in [0.3, 0.4) is 0 Å². The van der Waals surface area contributed by atoms with E-state index < -0.39 is 5.92 Å². The van der Waals surface area contributed by atoms with Crippen LogP contribution >= 0.6 is 0 Å². The van der Waals surface area contributed by atoms with Gasteiger partial charge in [-0.2, -0.15) is 5.26 Å². The lowest BCUT2D eigenvalue weighted by atomic mass is 9.94. The van der Waals surface area contributed by atoms with Gasteiger partial charge in [0, 0.05) is 19.1 Å². The first-order valence-corrected chi connectivity index (χ1v) is 10.9. The molecule has 2 fully saturated rings. The number of carbonyl (C=O) groups excluding carboxylic acids is 1. The average Bonchev–Trinajstić information content (AvgIpc) is 2.74. The van der Waals surface area contributed by atoms with E-state index in [1.165, 1.54) is 6.42 Å². The van der Waals surface area contributed by atoms with E-state index >= 15 is 0 Å². The number of nitrogens with zero attached hydrogens (tertiary/aromatic N) is 4. The molecular weight excluding hydrogens is 378 g/mol. The highest BCUT2D eigenvalue weighted by molar-refractivity contribution is 5.89. The largest absolute Gasteiger partial charge is 0.372 e. The number of fused-ring (bicyclic) bond motifs is 1. The number of nitrogens with one attached hydrogen (secondary N) is 1. The molecule has 0 bridgehead atoms. The summed E-state index contributed by atoms with van der Waals surface area (Å²) in [5, 5.41) is 13.0. The molecule has 0 radical (unpaired) electrons. The van der Waals surface area contributed by atoms with Gasteiger partial charge in [0.1, 0.15) is 5.69 Å². The Balaban J connectivity index is 1.71. The van der Waals surface area contributed by atoms with E-state index in [9.17, 15) is 10.1 Å². The molecule has 1 aliphatic heterocycles. The SMILES string of the molecule is C[C@@H]1CN(c2nc3ccccc3nc2[C@@H](C#N)C(=O)NC2CCCCC2)C[C@@H](C)O1. The molecule has 1 aliphatic carbocycles. The minimum absolute atomic E-state index is 0.0338. The van der Waals surface area contributed by atoms with Crippen LogP contribution in [0.4, 0.5) is 5.82 Å². The number of anilines is 1. The predicted octanol–water partition coefficient (Wildman–Crippen LogP) is 3.30. The van der Waals surface area contributed by atoms with Crippen LogP contribution < -0.4 is 10.2 Å². The summed E-state index contributed by atoms with van der Waals surface area (Å²) in [5.41, 5.74) is 1.88. The van der Waals surface area contributed by atoms with Gasteiger partial charge < -0.3 is 15.0 Å². The number of ether oxygens (including phenoxy) is 1. The van der Waals surface area contributed by atoms with Crippen molar-refractivity contribution in [1.82, 2.24) is 15.3 Å².